The van der Waals surface area contributed by atoms with Crippen molar-refractivity contribution < 1.29 is 132 Å². The Morgan fingerprint density at radius 3 is 1.30 bits per heavy atom. The van der Waals surface area contributed by atoms with Crippen LogP contribution in [0.5, 0.6) is 0 Å². The van der Waals surface area contributed by atoms with Gasteiger partial charge in [0.25, 0.3) is 6.47 Å². The minimum absolute atomic E-state index is 0.0369. The van der Waals surface area contributed by atoms with E-state index in [2.05, 4.69) is 15.5 Å². The van der Waals surface area contributed by atoms with Crippen LogP contribution in [-0.4, -0.2) is 209 Å². The van der Waals surface area contributed by atoms with E-state index < -0.39 is 206 Å². The van der Waals surface area contributed by atoms with Gasteiger partial charge in [-0.25, -0.2) is 28.8 Å². The maximum atomic E-state index is 14.8. The monoisotopic (exact) mass is 1710 g/mol. The van der Waals surface area contributed by atoms with Crippen LogP contribution in [0.25, 0.3) is 0 Å². The average Bonchev–Trinajstić information content (AvgIpc) is 1.67. The highest BCUT2D eigenvalue weighted by atomic mass is 16.7. The third-order valence-corrected chi connectivity index (χ3v) is 26.8. The first kappa shape index (κ1) is 93.7. The van der Waals surface area contributed by atoms with Crippen LogP contribution in [0.15, 0.2) is 178 Å². The van der Waals surface area contributed by atoms with Gasteiger partial charge in [-0.1, -0.05) is 157 Å². The van der Waals surface area contributed by atoms with Crippen molar-refractivity contribution in [3.63, 3.8) is 0 Å². The number of aliphatic hydroxyl groups excluding tert-OH is 6. The van der Waals surface area contributed by atoms with Crippen LogP contribution in [0.1, 0.15) is 192 Å². The number of carbonyl (C=O) groups is 9. The Morgan fingerprint density at radius 2 is 0.911 bits per heavy atom. The second-order valence-corrected chi connectivity index (χ2v) is 37.3. The number of carbonyl (C=O) groups excluding carboxylic acids is 8. The molecule has 14 rings (SSSR count). The lowest BCUT2D eigenvalue weighted by molar-refractivity contribution is -0.313. The van der Waals surface area contributed by atoms with Gasteiger partial charge in [0.05, 0.1) is 77.4 Å². The number of ketones is 2. The number of fused-ring (bicyclic) bond motifs is 11. The summed E-state index contributed by atoms with van der Waals surface area (Å²) in [6, 6.07) is 38.1. The topological polar surface area (TPSA) is 482 Å². The quantitative estimate of drug-likeness (QED) is 0.0213. The molecule has 3 aliphatic heterocycles. The maximum Gasteiger partial charge on any atom is 0.511 e. The number of amides is 1. The van der Waals surface area contributed by atoms with E-state index in [4.69, 9.17) is 58.3 Å². The maximum absolute atomic E-state index is 14.8. The summed E-state index contributed by atoms with van der Waals surface area (Å²) in [6.07, 6.45) is -19.5. The molecule has 2 saturated heterocycles. The predicted molar refractivity (Wildman–Crippen MR) is 439 cm³/mol. The summed E-state index contributed by atoms with van der Waals surface area (Å²) in [4.78, 5) is 118. The molecule has 31 nitrogen and oxygen atoms in total. The highest BCUT2D eigenvalue weighted by Gasteiger charge is 2.78. The van der Waals surface area contributed by atoms with E-state index in [1.54, 1.807) is 218 Å². The lowest BCUT2D eigenvalue weighted by Gasteiger charge is -2.68. The number of benzene rings is 5. The van der Waals surface area contributed by atoms with Gasteiger partial charge in [-0.15, -0.1) is 5.11 Å². The molecule has 0 aromatic heterocycles. The highest BCUT2D eigenvalue weighted by Crippen LogP contribution is 2.68. The molecule has 0 radical (unpaired) electrons. The number of hydrogen-bond donors (Lipinski definition) is 11. The van der Waals surface area contributed by atoms with Crippen LogP contribution in [0.2, 0.25) is 0 Å². The van der Waals surface area contributed by atoms with Crippen LogP contribution >= 0.6 is 0 Å². The Labute approximate surface area is 713 Å². The van der Waals surface area contributed by atoms with E-state index in [-0.39, 0.29) is 73.2 Å². The molecule has 6 aliphatic carbocycles. The van der Waals surface area contributed by atoms with Crippen molar-refractivity contribution in [3.8, 4) is 0 Å². The molecule has 1 amide bonds. The number of nitrogens with zero attached hydrogens (tertiary/aromatic N) is 2. The molecule has 0 spiro atoms. The second-order valence-electron chi connectivity index (χ2n) is 37.3. The van der Waals surface area contributed by atoms with Crippen LogP contribution < -0.4 is 11.1 Å². The van der Waals surface area contributed by atoms with Gasteiger partial charge in [0.15, 0.2) is 23.8 Å². The molecule has 9 aliphatic rings. The molecule has 12 N–H and O–H groups in total. The number of esters is 4. The van der Waals surface area contributed by atoms with Gasteiger partial charge >= 0.3 is 36.1 Å². The lowest BCUT2D eigenvalue weighted by atomic mass is 9.42. The summed E-state index contributed by atoms with van der Waals surface area (Å²) in [5, 5.41) is 114. The standard InChI is InChI=1S/C42H53NO12.C37H45NO10.C12H14N2O3.CH2O2/c1-22-25(53-36(49)31(46)29(23-15-11-9-12-16-23)43-37(50)55-38(2,3)4)20-42(51)34(54-35(48)24-17-13-10-14-18-24)32-40(7)21-52-27(40)19-26(44)41(32,8)33(47)30(45)28(22)39(42,5)6;1-19-22(47-33(44)28(41)26(38)20-12-8-6-9-13-20)17-37(45)31(48-32(43)21-14-10-7-11-15-21)29-35(4)18-46-24(35)16-23(39)36(29,5)30(42)27(40)25(19)34(37,2)3;1-12(2,3)17-11(15)16-10-8-6-4-5-7-9(8)13-14-10;2-1-3/h9-18,25-27,29-32,34,44-46,51H,19-21H2,1-8H3,(H,43,50);6-15,22-24,26-29,31,39-41,45H,16-18,38H2,1-5H3;4-7,10H,1-3H3;1H,(H,2,3)/t25-,26-,27?,29-,30+,31+,32?,34-,40+,41?,42+;22-,23-,24?,26-,27+,28+,29?,31-,35+,36?,37+;;/m00../s1. The first-order valence-electron chi connectivity index (χ1n) is 41.0. The summed E-state index contributed by atoms with van der Waals surface area (Å²) >= 11 is 0. The number of nitrogens with one attached hydrogen (secondary N) is 1. The first-order chi connectivity index (χ1) is 57.4. The minimum Gasteiger partial charge on any atom is -0.483 e. The Morgan fingerprint density at radius 1 is 0.537 bits per heavy atom. The largest absolute Gasteiger partial charge is 0.511 e. The van der Waals surface area contributed by atoms with Gasteiger partial charge in [-0.3, -0.25) is 14.4 Å². The van der Waals surface area contributed by atoms with Crippen LogP contribution in [-0.2, 0) is 66.6 Å². The molecular formula is C92H114N4O27. The Kier molecular flexibility index (Phi) is 26.8. The van der Waals surface area contributed by atoms with Gasteiger partial charge in [-0.05, 0) is 133 Å². The lowest BCUT2D eigenvalue weighted by Crippen LogP contribution is -2.77. The molecule has 4 bridgehead atoms. The van der Waals surface area contributed by atoms with Gasteiger partial charge in [0.2, 0.25) is 6.23 Å². The van der Waals surface area contributed by atoms with Crippen LogP contribution in [0.4, 0.5) is 15.3 Å². The van der Waals surface area contributed by atoms with Gasteiger partial charge < -0.3 is 99.6 Å². The zero-order valence-corrected chi connectivity index (χ0v) is 71.8. The minimum atomic E-state index is -2.15. The Bertz CT molecular complexity index is 4880. The molecule has 31 heteroatoms. The average molecular weight is 1710 g/mol. The predicted octanol–water partition coefficient (Wildman–Crippen LogP) is 9.80. The first-order valence-corrected chi connectivity index (χ1v) is 41.0. The third-order valence-electron chi connectivity index (χ3n) is 26.8. The fourth-order valence-corrected chi connectivity index (χ4v) is 20.0. The number of Topliss-reactive ketones (excluding diaryl/α,β-unsaturated/α-hetero) is 2. The van der Waals surface area contributed by atoms with Crippen LogP contribution in [0, 0.1) is 44.3 Å². The highest BCUT2D eigenvalue weighted by molar-refractivity contribution is 5.95. The summed E-state index contributed by atoms with van der Waals surface area (Å²) in [5.41, 5.74) is -4.09. The number of rotatable bonds is 14. The zero-order chi connectivity index (χ0) is 90.6. The number of aliphatic hydroxyl groups is 8. The summed E-state index contributed by atoms with van der Waals surface area (Å²) in [5.74, 6) is -7.33. The normalized spacial score (nSPS) is 33.1. The SMILES string of the molecule is CC(C)(C)OC(=O)OC1N=Nc2ccccc21.CC1=C2[C@@H](O)C(=O)C3(C)C([C@H](OC(=O)c4ccccc4)[C@](O)(C[C@@H]1OC(=O)[C@H](O)[C@@H](N)c1ccccc1)C2(C)C)[C@]1(C)COC1C[C@@H]3O.CC1=C2[C@@H](O)C(=O)C3(C)C([C@H](OC(=O)c4ccccc4)[C@](O)(C[C@@H]1OC(=O)[C@H](O)[C@@H](NC(=O)OC(C)(C)C)c1ccccc1)C2(C)C)[C@]1(C)COC1C[C@@H]3O.O=CO. The molecule has 23 atom stereocenters. The number of ether oxygens (including phenoxy) is 9. The smallest absolute Gasteiger partial charge is 0.483 e. The molecule has 5 aromatic carbocycles. The fraction of sp³-hybridized carbons (Fsp3) is 0.533. The van der Waals surface area contributed by atoms with E-state index in [9.17, 15) is 79.2 Å². The zero-order valence-electron chi connectivity index (χ0n) is 71.8. The molecule has 6 fully saturated rings. The summed E-state index contributed by atoms with van der Waals surface area (Å²) < 4.78 is 51.9. The molecule has 5 aromatic rings. The number of azo groups is 1. The summed E-state index contributed by atoms with van der Waals surface area (Å²) in [7, 11) is 0. The van der Waals surface area contributed by atoms with Crippen molar-refractivity contribution in [1.82, 2.24) is 5.32 Å². The van der Waals surface area contributed by atoms with Gasteiger partial charge in [0.1, 0.15) is 59.0 Å². The number of hydrogen-bond acceptors (Lipinski definition) is 29. The van der Waals surface area contributed by atoms with E-state index in [1.807, 2.05) is 38.1 Å². The number of alkyl carbamates (subject to hydrolysis) is 1. The second kappa shape index (κ2) is 35.2. The van der Waals surface area contributed by atoms with Gasteiger partial charge in [0, 0.05) is 64.7 Å². The van der Waals surface area contributed by atoms with Crippen molar-refractivity contribution in [2.75, 3.05) is 13.2 Å². The van der Waals surface area contributed by atoms with E-state index in [1.165, 1.54) is 0 Å². The molecule has 4 saturated carbocycles. The third kappa shape index (κ3) is 17.3. The molecule has 7 unspecified atom stereocenters. The van der Waals surface area contributed by atoms with Crippen molar-refractivity contribution in [2.24, 2.45) is 60.3 Å². The van der Waals surface area contributed by atoms with Gasteiger partial charge in [-0.2, -0.15) is 5.11 Å². The van der Waals surface area contributed by atoms with Crippen molar-refractivity contribution in [3.05, 3.63) is 196 Å². The van der Waals surface area contributed by atoms with E-state index in [0.29, 0.717) is 16.7 Å². The van der Waals surface area contributed by atoms with Crippen molar-refractivity contribution in [1.29, 1.82) is 0 Å². The molecular weight excluding hydrogens is 1590 g/mol. The molecule has 664 valence electrons. The van der Waals surface area contributed by atoms with Crippen molar-refractivity contribution in [2.45, 2.75) is 250 Å². The molecule has 3 heterocycles. The number of carboxylic acid groups (broad SMARTS) is 1. The Hall–Kier alpha value is -10.0. The number of nitrogens with two attached hydrogens (primary N) is 1. The summed E-state index contributed by atoms with van der Waals surface area (Å²) in [6.45, 7) is 26.9. The Balaban J connectivity index is 0.000000197. The van der Waals surface area contributed by atoms with Crippen LogP contribution in [0.3, 0.4) is 0 Å². The van der Waals surface area contributed by atoms with E-state index >= 15 is 0 Å². The van der Waals surface area contributed by atoms with E-state index in [0.717, 1.165) is 11.3 Å². The van der Waals surface area contributed by atoms with Crippen molar-refractivity contribution >= 4 is 59.9 Å². The molecule has 123 heavy (non-hydrogen) atoms. The fourth-order valence-electron chi connectivity index (χ4n) is 20.0.